The Morgan fingerprint density at radius 1 is 1.05 bits per heavy atom. The quantitative estimate of drug-likeness (QED) is 0.855. The van der Waals surface area contributed by atoms with Gasteiger partial charge in [0.15, 0.2) is 0 Å². The lowest BCUT2D eigenvalue weighted by atomic mass is 10.2. The van der Waals surface area contributed by atoms with Crippen LogP contribution in [0.15, 0.2) is 46.2 Å². The molecule has 0 radical (unpaired) electrons. The standard InChI is InChI=1S/C16H16F3NS/c1-10(2)20-9-11-4-3-5-13(18)16(11)21-15-7-6-12(17)8-14(15)19/h3-8,10,20H,9H2,1-2H3. The molecule has 112 valence electrons. The molecule has 1 nitrogen and oxygen atoms in total. The predicted octanol–water partition coefficient (Wildman–Crippen LogP) is 4.75. The molecular formula is C16H16F3NS. The largest absolute Gasteiger partial charge is 0.310 e. The van der Waals surface area contributed by atoms with Crippen molar-refractivity contribution < 1.29 is 13.2 Å². The average molecular weight is 311 g/mol. The first-order valence-corrected chi connectivity index (χ1v) is 7.42. The summed E-state index contributed by atoms with van der Waals surface area (Å²) in [5.41, 5.74) is 0.748. The molecule has 2 aromatic rings. The van der Waals surface area contributed by atoms with Crippen LogP contribution >= 0.6 is 11.8 Å². The van der Waals surface area contributed by atoms with E-state index in [-0.39, 0.29) is 10.9 Å². The summed E-state index contributed by atoms with van der Waals surface area (Å²) in [7, 11) is 0. The van der Waals surface area contributed by atoms with E-state index in [0.717, 1.165) is 29.5 Å². The smallest absolute Gasteiger partial charge is 0.140 e. The van der Waals surface area contributed by atoms with E-state index in [1.165, 1.54) is 12.1 Å². The molecule has 0 spiro atoms. The summed E-state index contributed by atoms with van der Waals surface area (Å²) < 4.78 is 40.7. The van der Waals surface area contributed by atoms with Crippen molar-refractivity contribution >= 4 is 11.8 Å². The Hall–Kier alpha value is -1.46. The summed E-state index contributed by atoms with van der Waals surface area (Å²) in [5, 5.41) is 3.21. The first kappa shape index (κ1) is 15.9. The van der Waals surface area contributed by atoms with Gasteiger partial charge in [-0.15, -0.1) is 0 Å². The summed E-state index contributed by atoms with van der Waals surface area (Å²) in [5.74, 6) is -1.75. The van der Waals surface area contributed by atoms with Gasteiger partial charge in [0, 0.05) is 23.5 Å². The van der Waals surface area contributed by atoms with E-state index in [2.05, 4.69) is 5.32 Å². The van der Waals surface area contributed by atoms with E-state index in [1.807, 2.05) is 13.8 Å². The third-order valence-corrected chi connectivity index (χ3v) is 4.07. The maximum absolute atomic E-state index is 14.0. The minimum atomic E-state index is -0.689. The Bertz CT molecular complexity index is 629. The number of benzene rings is 2. The molecule has 0 bridgehead atoms. The Morgan fingerprint density at radius 3 is 2.48 bits per heavy atom. The van der Waals surface area contributed by atoms with Crippen molar-refractivity contribution in [1.29, 1.82) is 0 Å². The molecule has 1 N–H and O–H groups in total. The fourth-order valence-corrected chi connectivity index (χ4v) is 2.74. The van der Waals surface area contributed by atoms with Crippen molar-refractivity contribution in [3.8, 4) is 0 Å². The fourth-order valence-electron chi connectivity index (χ4n) is 1.79. The van der Waals surface area contributed by atoms with Gasteiger partial charge in [-0.3, -0.25) is 0 Å². The molecule has 0 heterocycles. The SMILES string of the molecule is CC(C)NCc1cccc(F)c1Sc1ccc(F)cc1F. The van der Waals surface area contributed by atoms with Gasteiger partial charge in [-0.05, 0) is 23.8 Å². The molecule has 21 heavy (non-hydrogen) atoms. The molecule has 0 saturated carbocycles. The lowest BCUT2D eigenvalue weighted by Gasteiger charge is -2.13. The number of hydrogen-bond donors (Lipinski definition) is 1. The Balaban J connectivity index is 2.29. The molecule has 0 unspecified atom stereocenters. The first-order chi connectivity index (χ1) is 9.97. The van der Waals surface area contributed by atoms with Crippen molar-refractivity contribution in [3.05, 3.63) is 59.4 Å². The lowest BCUT2D eigenvalue weighted by molar-refractivity contribution is 0.560. The molecule has 2 rings (SSSR count). The van der Waals surface area contributed by atoms with Gasteiger partial charge in [0.05, 0.1) is 4.90 Å². The molecule has 5 heteroatoms. The van der Waals surface area contributed by atoms with E-state index in [9.17, 15) is 13.2 Å². The van der Waals surface area contributed by atoms with E-state index in [4.69, 9.17) is 0 Å². The van der Waals surface area contributed by atoms with Crippen molar-refractivity contribution in [2.24, 2.45) is 0 Å². The van der Waals surface area contributed by atoms with Gasteiger partial charge >= 0.3 is 0 Å². The molecule has 0 atom stereocenters. The molecule has 0 aliphatic carbocycles. The Kier molecular flexibility index (Phi) is 5.31. The number of rotatable bonds is 5. The van der Waals surface area contributed by atoms with E-state index < -0.39 is 17.5 Å². The normalized spacial score (nSPS) is 11.1. The fraction of sp³-hybridized carbons (Fsp3) is 0.250. The van der Waals surface area contributed by atoms with Gasteiger partial charge in [0.2, 0.25) is 0 Å². The maximum Gasteiger partial charge on any atom is 0.140 e. The topological polar surface area (TPSA) is 12.0 Å². The molecule has 0 aliphatic rings. The van der Waals surface area contributed by atoms with Gasteiger partial charge < -0.3 is 5.32 Å². The maximum atomic E-state index is 14.0. The third kappa shape index (κ3) is 4.25. The second-order valence-corrected chi connectivity index (χ2v) is 5.99. The van der Waals surface area contributed by atoms with Crippen LogP contribution in [0.4, 0.5) is 13.2 Å². The highest BCUT2D eigenvalue weighted by molar-refractivity contribution is 7.99. The Labute approximate surface area is 126 Å². The van der Waals surface area contributed by atoms with E-state index in [1.54, 1.807) is 12.1 Å². The van der Waals surface area contributed by atoms with Crippen LogP contribution in [-0.2, 0) is 6.54 Å². The van der Waals surface area contributed by atoms with Crippen molar-refractivity contribution in [3.63, 3.8) is 0 Å². The highest BCUT2D eigenvalue weighted by atomic mass is 32.2. The zero-order valence-electron chi connectivity index (χ0n) is 11.8. The van der Waals surface area contributed by atoms with Crippen LogP contribution in [0.2, 0.25) is 0 Å². The molecule has 0 amide bonds. The van der Waals surface area contributed by atoms with Crippen LogP contribution in [0.1, 0.15) is 19.4 Å². The zero-order valence-corrected chi connectivity index (χ0v) is 12.6. The van der Waals surface area contributed by atoms with Gasteiger partial charge in [-0.25, -0.2) is 13.2 Å². The Morgan fingerprint density at radius 2 is 1.81 bits per heavy atom. The van der Waals surface area contributed by atoms with Crippen LogP contribution in [-0.4, -0.2) is 6.04 Å². The lowest BCUT2D eigenvalue weighted by Crippen LogP contribution is -2.22. The van der Waals surface area contributed by atoms with Crippen LogP contribution in [0.5, 0.6) is 0 Å². The van der Waals surface area contributed by atoms with Crippen LogP contribution in [0.25, 0.3) is 0 Å². The minimum absolute atomic E-state index is 0.201. The molecule has 2 aromatic carbocycles. The predicted molar refractivity (Wildman–Crippen MR) is 78.9 cm³/mol. The monoisotopic (exact) mass is 311 g/mol. The summed E-state index contributed by atoms with van der Waals surface area (Å²) in [4.78, 5) is 0.559. The molecule has 0 saturated heterocycles. The second-order valence-electron chi connectivity index (χ2n) is 4.94. The van der Waals surface area contributed by atoms with E-state index in [0.29, 0.717) is 11.4 Å². The second kappa shape index (κ2) is 7.00. The molecule has 0 aromatic heterocycles. The van der Waals surface area contributed by atoms with Crippen molar-refractivity contribution in [2.75, 3.05) is 0 Å². The van der Waals surface area contributed by atoms with Crippen molar-refractivity contribution in [2.45, 2.75) is 36.2 Å². The summed E-state index contributed by atoms with van der Waals surface area (Å²) in [6.07, 6.45) is 0. The molecule has 0 fully saturated rings. The highest BCUT2D eigenvalue weighted by Crippen LogP contribution is 2.34. The molecular weight excluding hydrogens is 295 g/mol. The number of hydrogen-bond acceptors (Lipinski definition) is 2. The summed E-state index contributed by atoms with van der Waals surface area (Å²) in [6.45, 7) is 4.47. The third-order valence-electron chi connectivity index (χ3n) is 2.86. The van der Waals surface area contributed by atoms with Crippen LogP contribution in [0, 0.1) is 17.5 Å². The summed E-state index contributed by atoms with van der Waals surface area (Å²) >= 11 is 0.971. The highest BCUT2D eigenvalue weighted by Gasteiger charge is 2.13. The van der Waals surface area contributed by atoms with Crippen molar-refractivity contribution in [1.82, 2.24) is 5.32 Å². The first-order valence-electron chi connectivity index (χ1n) is 6.61. The van der Waals surface area contributed by atoms with Gasteiger partial charge in [0.1, 0.15) is 17.5 Å². The van der Waals surface area contributed by atoms with Gasteiger partial charge in [0.25, 0.3) is 0 Å². The number of nitrogens with one attached hydrogen (secondary N) is 1. The summed E-state index contributed by atoms with van der Waals surface area (Å²) in [6, 6.07) is 8.30. The number of halogens is 3. The average Bonchev–Trinajstić information content (AvgIpc) is 2.42. The zero-order chi connectivity index (χ0) is 15.4. The van der Waals surface area contributed by atoms with Gasteiger partial charge in [-0.2, -0.15) is 0 Å². The molecule has 0 aliphatic heterocycles. The van der Waals surface area contributed by atoms with Crippen LogP contribution < -0.4 is 5.32 Å². The van der Waals surface area contributed by atoms with Crippen LogP contribution in [0.3, 0.4) is 0 Å². The van der Waals surface area contributed by atoms with E-state index >= 15 is 0 Å². The minimum Gasteiger partial charge on any atom is -0.310 e. The van der Waals surface area contributed by atoms with Gasteiger partial charge in [-0.1, -0.05) is 37.7 Å².